The van der Waals surface area contributed by atoms with Crippen LogP contribution in [0.2, 0.25) is 0 Å². The molecule has 0 saturated carbocycles. The summed E-state index contributed by atoms with van der Waals surface area (Å²) in [5, 5.41) is 12.3. The van der Waals surface area contributed by atoms with Gasteiger partial charge in [-0.25, -0.2) is 0 Å². The molecule has 2 heteroatoms. The molecule has 0 fully saturated rings. The molecule has 24 rings (SSSR count). The van der Waals surface area contributed by atoms with Crippen LogP contribution in [0.5, 0.6) is 0 Å². The zero-order chi connectivity index (χ0) is 68.6. The van der Waals surface area contributed by atoms with E-state index in [1.807, 2.05) is 0 Å². The molecule has 0 radical (unpaired) electrons. The number of benzene rings is 17. The van der Waals surface area contributed by atoms with Gasteiger partial charge in [-0.1, -0.05) is 322 Å². The lowest BCUT2D eigenvalue weighted by molar-refractivity contribution is 0.547. The van der Waals surface area contributed by atoms with Crippen LogP contribution in [0.3, 0.4) is 0 Å². The molecular formula is C103H64N2. The summed E-state index contributed by atoms with van der Waals surface area (Å²) in [5.74, 6) is 0. The highest BCUT2D eigenvalue weighted by Crippen LogP contribution is 2.70. The number of nitrogens with zero attached hydrogens (tertiary/aromatic N) is 2. The van der Waals surface area contributed by atoms with Gasteiger partial charge in [-0.3, -0.25) is 0 Å². The first-order chi connectivity index (χ1) is 52.0. The Labute approximate surface area is 608 Å². The largest absolute Gasteiger partial charge is 0.312 e. The molecule has 4 heterocycles. The lowest BCUT2D eigenvalue weighted by Gasteiger charge is -2.47. The Morgan fingerprint density at radius 2 is 0.638 bits per heavy atom. The molecule has 3 atom stereocenters. The number of anilines is 2. The van der Waals surface area contributed by atoms with Gasteiger partial charge < -0.3 is 9.47 Å². The molecule has 0 bridgehead atoms. The van der Waals surface area contributed by atoms with Crippen molar-refractivity contribution in [1.82, 2.24) is 4.57 Å². The van der Waals surface area contributed by atoms with E-state index < -0.39 is 10.8 Å². The summed E-state index contributed by atoms with van der Waals surface area (Å²) < 4.78 is 2.56. The van der Waals surface area contributed by atoms with Gasteiger partial charge in [-0.2, -0.15) is 0 Å². The number of para-hydroxylation sites is 5. The maximum absolute atomic E-state index is 2.63. The van der Waals surface area contributed by atoms with E-state index in [0.717, 1.165) is 6.42 Å². The summed E-state index contributed by atoms with van der Waals surface area (Å²) in [7, 11) is 0. The molecule has 0 N–H and O–H groups in total. The quantitative estimate of drug-likeness (QED) is 0.156. The van der Waals surface area contributed by atoms with Crippen molar-refractivity contribution >= 4 is 76.3 Å². The molecule has 17 aromatic carbocycles. The standard InChI is InChI=1S/C103H64N2/c1-101-59-27-54-90-100(101)105(92-56-17-13-48-84(92)101)94-58-19-15-50-86(94)103(90)83-47-12-9-34-77(83)96-70(44-25-52-88(96)103)67-38-23-42-74-81(67)61-80-66(37-22-41-73(80)98(74)97-71-39-20-35-64(62-28-4-2-5-29-62)78(71)60-79-65(36-21-40-72(79)97)63-30-6-3-7-31-63)69-43-24-51-87-95(69)76-33-8-11-46-82(76)102(87)85-49-14-18-57-93(85)104-91-55-16-10-32-68(91)75-45-26-53-89(102)99(75)104/h2-58,60-61H,59H2,1H3. The average molecular weight is 1330 g/mol. The third kappa shape index (κ3) is 7.10. The SMILES string of the molecule is CC12CC=CC3=C1N(c1ccccc12)c1ccccc1C31c2ccccc2-c2c(-c3cccc4c(-c5c6cccc(-c7ccccc7)c6cc6c(-c7ccccc7)cccc56)c5cccc(-c6cccc7c6-c6ccccc6C76c7ccccc7-n7c8ccccc8c8cccc6c87)c5cc34)cccc21. The molecule has 1 aromatic heterocycles. The molecule has 105 heavy (non-hydrogen) atoms. The van der Waals surface area contributed by atoms with Crippen LogP contribution in [-0.2, 0) is 16.2 Å². The molecule has 0 amide bonds. The summed E-state index contributed by atoms with van der Waals surface area (Å²) in [4.78, 5) is 2.63. The first-order valence-electron chi connectivity index (χ1n) is 37.1. The van der Waals surface area contributed by atoms with Crippen molar-refractivity contribution in [3.8, 4) is 83.6 Å². The second-order valence-corrected chi connectivity index (χ2v) is 30.0. The van der Waals surface area contributed by atoms with Crippen LogP contribution >= 0.6 is 0 Å². The van der Waals surface area contributed by atoms with Gasteiger partial charge in [0.15, 0.2) is 0 Å². The Morgan fingerprint density at radius 3 is 1.23 bits per heavy atom. The van der Waals surface area contributed by atoms with Crippen LogP contribution < -0.4 is 4.90 Å². The van der Waals surface area contributed by atoms with Gasteiger partial charge in [0.05, 0.1) is 38.9 Å². The van der Waals surface area contributed by atoms with Crippen molar-refractivity contribution < 1.29 is 0 Å². The molecule has 2 nitrogen and oxygen atoms in total. The van der Waals surface area contributed by atoms with E-state index in [1.165, 1.54) is 216 Å². The van der Waals surface area contributed by atoms with Gasteiger partial charge >= 0.3 is 0 Å². The van der Waals surface area contributed by atoms with Crippen LogP contribution in [0, 0.1) is 0 Å². The van der Waals surface area contributed by atoms with Gasteiger partial charge in [0.1, 0.15) is 0 Å². The van der Waals surface area contributed by atoms with E-state index in [4.69, 9.17) is 0 Å². The number of allylic oxidation sites excluding steroid dienone is 4. The van der Waals surface area contributed by atoms with Crippen LogP contribution in [0.25, 0.3) is 148 Å². The van der Waals surface area contributed by atoms with Crippen molar-refractivity contribution in [2.24, 2.45) is 0 Å². The number of hydrogen-bond donors (Lipinski definition) is 0. The van der Waals surface area contributed by atoms with E-state index in [0.29, 0.717) is 0 Å². The molecule has 486 valence electrons. The zero-order valence-electron chi connectivity index (χ0n) is 57.7. The molecular weight excluding hydrogens is 1270 g/mol. The van der Waals surface area contributed by atoms with Gasteiger partial charge in [-0.15, -0.1) is 0 Å². The molecule has 3 unspecified atom stereocenters. The third-order valence-electron chi connectivity index (χ3n) is 25.4. The Hall–Kier alpha value is -13.1. The molecule has 3 aliphatic heterocycles. The first-order valence-corrected chi connectivity index (χ1v) is 37.1. The Kier molecular flexibility index (Phi) is 11.4. The summed E-state index contributed by atoms with van der Waals surface area (Å²) in [6, 6.07) is 133. The second kappa shape index (κ2) is 20.8. The fourth-order valence-corrected chi connectivity index (χ4v) is 21.5. The summed E-state index contributed by atoms with van der Waals surface area (Å²) >= 11 is 0. The number of fused-ring (bicyclic) bond motifs is 28. The van der Waals surface area contributed by atoms with E-state index in [-0.39, 0.29) is 5.41 Å². The fraction of sp³-hybridized carbons (Fsp3) is 0.0485. The minimum absolute atomic E-state index is 0.228. The monoisotopic (exact) mass is 1330 g/mol. The minimum atomic E-state index is -0.629. The highest BCUT2D eigenvalue weighted by atomic mass is 15.2. The highest BCUT2D eigenvalue weighted by Gasteiger charge is 2.59. The summed E-state index contributed by atoms with van der Waals surface area (Å²) in [6.07, 6.45) is 5.92. The van der Waals surface area contributed by atoms with Crippen LogP contribution in [0.4, 0.5) is 11.4 Å². The topological polar surface area (TPSA) is 8.17 Å². The maximum Gasteiger partial charge on any atom is 0.0754 e. The van der Waals surface area contributed by atoms with Crippen molar-refractivity contribution in [3.63, 3.8) is 0 Å². The Bertz CT molecular complexity index is 6920. The lowest BCUT2D eigenvalue weighted by Crippen LogP contribution is -2.42. The van der Waals surface area contributed by atoms with E-state index in [1.54, 1.807) is 0 Å². The predicted molar refractivity (Wildman–Crippen MR) is 437 cm³/mol. The second-order valence-electron chi connectivity index (χ2n) is 30.0. The van der Waals surface area contributed by atoms with Crippen molar-refractivity contribution in [2.75, 3.05) is 4.90 Å². The van der Waals surface area contributed by atoms with Crippen LogP contribution in [0.1, 0.15) is 57.9 Å². The van der Waals surface area contributed by atoms with E-state index in [2.05, 4.69) is 374 Å². The van der Waals surface area contributed by atoms with E-state index >= 15 is 0 Å². The first kappa shape index (κ1) is 57.5. The van der Waals surface area contributed by atoms with E-state index in [9.17, 15) is 0 Å². The van der Waals surface area contributed by atoms with Crippen LogP contribution in [-0.4, -0.2) is 4.57 Å². The van der Waals surface area contributed by atoms with Gasteiger partial charge in [0.25, 0.3) is 0 Å². The fourth-order valence-electron chi connectivity index (χ4n) is 21.5. The normalized spacial score (nSPS) is 17.9. The Morgan fingerprint density at radius 1 is 0.257 bits per heavy atom. The van der Waals surface area contributed by atoms with Crippen molar-refractivity contribution in [3.05, 3.63) is 414 Å². The van der Waals surface area contributed by atoms with Gasteiger partial charge in [-0.05, 0) is 221 Å². The Balaban J connectivity index is 0.835. The van der Waals surface area contributed by atoms with Crippen LogP contribution in [0.15, 0.2) is 369 Å². The third-order valence-corrected chi connectivity index (χ3v) is 25.4. The predicted octanol–water partition coefficient (Wildman–Crippen LogP) is 26.4. The molecule has 0 saturated heterocycles. The number of rotatable bonds is 5. The summed E-state index contributed by atoms with van der Waals surface area (Å²) in [5.41, 5.74) is 35.4. The zero-order valence-corrected chi connectivity index (χ0v) is 57.7. The number of hydrogen-bond acceptors (Lipinski definition) is 1. The molecule has 6 aliphatic rings. The molecule has 2 spiro atoms. The molecule has 18 aromatic rings. The average Bonchev–Trinajstić information content (AvgIpc) is 1.50. The van der Waals surface area contributed by atoms with Gasteiger partial charge in [0.2, 0.25) is 0 Å². The van der Waals surface area contributed by atoms with Gasteiger partial charge in [0, 0.05) is 21.9 Å². The highest BCUT2D eigenvalue weighted by molar-refractivity contribution is 6.29. The maximum atomic E-state index is 2.63. The molecule has 3 aliphatic carbocycles. The smallest absolute Gasteiger partial charge is 0.0754 e. The number of aromatic nitrogens is 1. The minimum Gasteiger partial charge on any atom is -0.312 e. The van der Waals surface area contributed by atoms with Crippen molar-refractivity contribution in [2.45, 2.75) is 29.6 Å². The van der Waals surface area contributed by atoms with Crippen molar-refractivity contribution in [1.29, 1.82) is 0 Å². The lowest BCUT2D eigenvalue weighted by atomic mass is 9.60. The summed E-state index contributed by atoms with van der Waals surface area (Å²) in [6.45, 7) is 2.50.